The van der Waals surface area contributed by atoms with E-state index in [2.05, 4.69) is 5.16 Å². The lowest BCUT2D eigenvalue weighted by molar-refractivity contribution is -0.0429. The molecule has 134 valence electrons. The smallest absolute Gasteiger partial charge is 0.391 e. The number of benzene rings is 1. The van der Waals surface area contributed by atoms with Crippen LogP contribution in [0.5, 0.6) is 0 Å². The second kappa shape index (κ2) is 8.59. The molecular formula is C13H13Cl2F3N2O3S. The number of hydrogen-bond donors (Lipinski definition) is 1. The molecule has 0 fully saturated rings. The third-order valence-corrected chi connectivity index (χ3v) is 4.12. The fraction of sp³-hybridized carbons (Fsp3) is 0.308. The van der Waals surface area contributed by atoms with Gasteiger partial charge in [-0.2, -0.15) is 21.6 Å². The molecule has 0 atom stereocenters. The van der Waals surface area contributed by atoms with E-state index in [9.17, 15) is 21.6 Å². The van der Waals surface area contributed by atoms with Gasteiger partial charge in [-0.1, -0.05) is 35.3 Å². The molecule has 0 radical (unpaired) electrons. The van der Waals surface area contributed by atoms with Crippen LogP contribution in [-0.2, 0) is 14.9 Å². The summed E-state index contributed by atoms with van der Waals surface area (Å²) in [4.78, 5) is 4.95. The number of sulfonamides is 1. The maximum atomic E-state index is 12.5. The molecule has 0 saturated heterocycles. The minimum atomic E-state index is -5.57. The Hall–Kier alpha value is -1.45. The molecule has 0 aliphatic rings. The number of anilines is 1. The lowest BCUT2D eigenvalue weighted by Crippen LogP contribution is -2.30. The first kappa shape index (κ1) is 20.6. The molecule has 1 N–H and O–H groups in total. The Morgan fingerprint density at radius 2 is 2.08 bits per heavy atom. The molecule has 0 amide bonds. The number of halogens is 5. The van der Waals surface area contributed by atoms with E-state index in [4.69, 9.17) is 28.0 Å². The monoisotopic (exact) mass is 404 g/mol. The van der Waals surface area contributed by atoms with Gasteiger partial charge in [-0.25, -0.2) is 0 Å². The van der Waals surface area contributed by atoms with Gasteiger partial charge < -0.3 is 4.84 Å². The lowest BCUT2D eigenvalue weighted by atomic mass is 10.1. The van der Waals surface area contributed by atoms with E-state index < -0.39 is 15.5 Å². The number of alkyl halides is 3. The predicted octanol–water partition coefficient (Wildman–Crippen LogP) is 4.48. The molecule has 0 aliphatic carbocycles. The molecule has 0 aromatic heterocycles. The molecule has 0 heterocycles. The van der Waals surface area contributed by atoms with Gasteiger partial charge in [0.25, 0.3) is 0 Å². The van der Waals surface area contributed by atoms with Gasteiger partial charge in [0, 0.05) is 16.1 Å². The molecule has 0 bridgehead atoms. The van der Waals surface area contributed by atoms with Crippen LogP contribution in [0.25, 0.3) is 0 Å². The molecule has 0 saturated carbocycles. The van der Waals surface area contributed by atoms with Gasteiger partial charge in [0.1, 0.15) is 6.61 Å². The molecule has 5 nitrogen and oxygen atoms in total. The lowest BCUT2D eigenvalue weighted by Gasteiger charge is -2.15. The average molecular weight is 405 g/mol. The zero-order valence-corrected chi connectivity index (χ0v) is 14.6. The topological polar surface area (TPSA) is 67.8 Å². The van der Waals surface area contributed by atoms with E-state index in [-0.39, 0.29) is 35.0 Å². The Balaban J connectivity index is 3.25. The van der Waals surface area contributed by atoms with Gasteiger partial charge in [-0.3, -0.25) is 4.72 Å². The van der Waals surface area contributed by atoms with E-state index in [1.54, 1.807) is 6.92 Å². The fourth-order valence-electron chi connectivity index (χ4n) is 1.55. The summed E-state index contributed by atoms with van der Waals surface area (Å²) in [5.41, 5.74) is -4.26. The van der Waals surface area contributed by atoms with Crippen molar-refractivity contribution in [3.63, 3.8) is 0 Å². The van der Waals surface area contributed by atoms with Crippen LogP contribution in [0.15, 0.2) is 35.0 Å². The summed E-state index contributed by atoms with van der Waals surface area (Å²) in [7, 11) is -5.57. The van der Waals surface area contributed by atoms with Crippen LogP contribution in [0.2, 0.25) is 5.02 Å². The number of nitrogens with zero attached hydrogens (tertiary/aromatic N) is 1. The van der Waals surface area contributed by atoms with Crippen molar-refractivity contribution in [2.45, 2.75) is 18.9 Å². The van der Waals surface area contributed by atoms with Gasteiger partial charge in [0.2, 0.25) is 0 Å². The predicted molar refractivity (Wildman–Crippen MR) is 87.8 cm³/mol. The third kappa shape index (κ3) is 5.57. The van der Waals surface area contributed by atoms with Crippen LogP contribution in [0.3, 0.4) is 0 Å². The average Bonchev–Trinajstić information content (AvgIpc) is 2.48. The van der Waals surface area contributed by atoms with Gasteiger partial charge in [-0.15, -0.1) is 0 Å². The van der Waals surface area contributed by atoms with E-state index >= 15 is 0 Å². The number of oxime groups is 1. The standard InChI is InChI=1S/C13H13Cl2F3N2O3S/c1-2-11(19-23-7-3-6-14)10-8-9(15)4-5-12(10)20-24(21,22)13(16,17)18/h3-6,8,20H,2,7H2,1H3/b6-3+,19-11+. The van der Waals surface area contributed by atoms with Crippen LogP contribution in [0.4, 0.5) is 18.9 Å². The molecule has 1 aromatic carbocycles. The van der Waals surface area contributed by atoms with Crippen LogP contribution in [0, 0.1) is 0 Å². The molecule has 1 rings (SSSR count). The Bertz CT molecular complexity index is 734. The first-order valence-electron chi connectivity index (χ1n) is 6.45. The number of nitrogens with one attached hydrogen (secondary N) is 1. The number of hydrogen-bond acceptors (Lipinski definition) is 4. The normalized spacial score (nSPS) is 13.3. The molecule has 24 heavy (non-hydrogen) atoms. The van der Waals surface area contributed by atoms with E-state index in [1.807, 2.05) is 0 Å². The van der Waals surface area contributed by atoms with Crippen molar-refractivity contribution in [2.75, 3.05) is 11.3 Å². The second-order valence-electron chi connectivity index (χ2n) is 4.29. The molecule has 1 aromatic rings. The van der Waals surface area contributed by atoms with Gasteiger partial charge in [0.15, 0.2) is 0 Å². The van der Waals surface area contributed by atoms with Crippen LogP contribution in [0.1, 0.15) is 18.9 Å². The summed E-state index contributed by atoms with van der Waals surface area (Å²) in [6.07, 6.45) is 1.70. The Labute approximate surface area is 147 Å². The zero-order valence-electron chi connectivity index (χ0n) is 12.3. The molecule has 11 heteroatoms. The molecular weight excluding hydrogens is 392 g/mol. The highest BCUT2D eigenvalue weighted by molar-refractivity contribution is 7.93. The molecule has 0 unspecified atom stereocenters. The Morgan fingerprint density at radius 1 is 1.42 bits per heavy atom. The SMILES string of the molecule is CC/C(=N\OC/C=C/Cl)c1cc(Cl)ccc1NS(=O)(=O)C(F)(F)F. The maximum Gasteiger partial charge on any atom is 0.516 e. The van der Waals surface area contributed by atoms with Crippen LogP contribution < -0.4 is 4.72 Å². The maximum absolute atomic E-state index is 12.5. The summed E-state index contributed by atoms with van der Waals surface area (Å²) in [6, 6.07) is 3.66. The highest BCUT2D eigenvalue weighted by atomic mass is 35.5. The molecule has 0 aliphatic heterocycles. The fourth-order valence-corrected chi connectivity index (χ4v) is 2.37. The van der Waals surface area contributed by atoms with E-state index in [0.717, 1.165) is 6.07 Å². The quantitative estimate of drug-likeness (QED) is 0.413. The van der Waals surface area contributed by atoms with Gasteiger partial charge >= 0.3 is 15.5 Å². The Morgan fingerprint density at radius 3 is 2.62 bits per heavy atom. The summed E-state index contributed by atoms with van der Waals surface area (Å²) in [5.74, 6) is 0. The van der Waals surface area contributed by atoms with Gasteiger partial charge in [0.05, 0.1) is 11.4 Å². The summed E-state index contributed by atoms with van der Waals surface area (Å²) < 4.78 is 61.7. The third-order valence-electron chi connectivity index (χ3n) is 2.61. The minimum Gasteiger partial charge on any atom is -0.391 e. The van der Waals surface area contributed by atoms with Crippen molar-refractivity contribution >= 4 is 44.6 Å². The van der Waals surface area contributed by atoms with Crippen molar-refractivity contribution in [1.82, 2.24) is 0 Å². The van der Waals surface area contributed by atoms with E-state index in [0.29, 0.717) is 0 Å². The Kier molecular flexibility index (Phi) is 7.37. The first-order valence-corrected chi connectivity index (χ1v) is 8.75. The van der Waals surface area contributed by atoms with Crippen molar-refractivity contribution in [3.8, 4) is 0 Å². The highest BCUT2D eigenvalue weighted by Gasteiger charge is 2.46. The van der Waals surface area contributed by atoms with Gasteiger partial charge in [-0.05, 0) is 30.7 Å². The number of rotatable bonds is 7. The first-order chi connectivity index (χ1) is 11.1. The largest absolute Gasteiger partial charge is 0.516 e. The van der Waals surface area contributed by atoms with Crippen LogP contribution in [-0.4, -0.2) is 26.2 Å². The zero-order chi connectivity index (χ0) is 18.4. The summed E-state index contributed by atoms with van der Waals surface area (Å²) in [5, 5.41) is 3.97. The van der Waals surface area contributed by atoms with Crippen LogP contribution >= 0.6 is 23.2 Å². The van der Waals surface area contributed by atoms with Crippen molar-refractivity contribution in [1.29, 1.82) is 0 Å². The van der Waals surface area contributed by atoms with Crippen molar-refractivity contribution < 1.29 is 26.4 Å². The molecule has 0 spiro atoms. The van der Waals surface area contributed by atoms with Crippen molar-refractivity contribution in [3.05, 3.63) is 40.4 Å². The summed E-state index contributed by atoms with van der Waals surface area (Å²) >= 11 is 11.2. The minimum absolute atomic E-state index is 0.0389. The van der Waals surface area contributed by atoms with E-state index in [1.165, 1.54) is 28.5 Å². The van der Waals surface area contributed by atoms with Crippen molar-refractivity contribution in [2.24, 2.45) is 5.16 Å². The summed E-state index contributed by atoms with van der Waals surface area (Å²) in [6.45, 7) is 1.71. The highest BCUT2D eigenvalue weighted by Crippen LogP contribution is 2.29. The second-order valence-corrected chi connectivity index (χ2v) is 6.65.